The predicted octanol–water partition coefficient (Wildman–Crippen LogP) is 4.69. The van der Waals surface area contributed by atoms with Crippen molar-refractivity contribution >= 4 is 15.9 Å². The van der Waals surface area contributed by atoms with Crippen LogP contribution in [0.1, 0.15) is 66.0 Å². The number of sulfonamides is 1. The van der Waals surface area contributed by atoms with Gasteiger partial charge in [0.25, 0.3) is 0 Å². The Kier molecular flexibility index (Phi) is 5.86. The van der Waals surface area contributed by atoms with Gasteiger partial charge in [-0.2, -0.15) is 4.31 Å². The molecule has 1 unspecified atom stereocenters. The zero-order valence-corrected chi connectivity index (χ0v) is 20.7. The number of amides is 1. The number of carbonyl (C=O) groups is 1. The van der Waals surface area contributed by atoms with Crippen LogP contribution in [-0.4, -0.2) is 42.7 Å². The SMILES string of the molecule is Cc1cc(C)c(S(=O)(=O)N2CCC(C(=O)N(C3CC3)C3CCc4ccccc43)CC2)c(C)c1. The number of aryl methyl sites for hydroxylation is 4. The molecular formula is C27H34N2O3S. The largest absolute Gasteiger partial charge is 0.332 e. The van der Waals surface area contributed by atoms with Crippen molar-refractivity contribution in [3.05, 3.63) is 64.2 Å². The highest BCUT2D eigenvalue weighted by molar-refractivity contribution is 7.89. The van der Waals surface area contributed by atoms with Crippen molar-refractivity contribution in [2.75, 3.05) is 13.1 Å². The molecule has 0 aromatic heterocycles. The molecular weight excluding hydrogens is 432 g/mol. The monoisotopic (exact) mass is 466 g/mol. The fourth-order valence-electron chi connectivity index (χ4n) is 6.02. The first-order valence-corrected chi connectivity index (χ1v) is 13.7. The average molecular weight is 467 g/mol. The van der Waals surface area contributed by atoms with Crippen molar-refractivity contribution in [2.24, 2.45) is 5.92 Å². The zero-order chi connectivity index (χ0) is 23.3. The van der Waals surface area contributed by atoms with Crippen LogP contribution in [-0.2, 0) is 21.2 Å². The number of carbonyl (C=O) groups excluding carboxylic acids is 1. The summed E-state index contributed by atoms with van der Waals surface area (Å²) in [6.45, 7) is 6.55. The lowest BCUT2D eigenvalue weighted by atomic mass is 9.95. The summed E-state index contributed by atoms with van der Waals surface area (Å²) in [5.74, 6) is 0.143. The van der Waals surface area contributed by atoms with Crippen LogP contribution in [0.25, 0.3) is 0 Å². The van der Waals surface area contributed by atoms with E-state index in [1.54, 1.807) is 4.31 Å². The minimum atomic E-state index is -3.56. The molecule has 1 saturated heterocycles. The molecule has 1 aliphatic heterocycles. The van der Waals surface area contributed by atoms with Gasteiger partial charge in [-0.3, -0.25) is 4.79 Å². The number of fused-ring (bicyclic) bond motifs is 1. The lowest BCUT2D eigenvalue weighted by Crippen LogP contribution is -2.46. The molecule has 176 valence electrons. The third-order valence-electron chi connectivity index (χ3n) is 7.64. The summed E-state index contributed by atoms with van der Waals surface area (Å²) in [5.41, 5.74) is 5.34. The molecule has 5 rings (SSSR count). The summed E-state index contributed by atoms with van der Waals surface area (Å²) in [6, 6.07) is 12.9. The highest BCUT2D eigenvalue weighted by atomic mass is 32.2. The van der Waals surface area contributed by atoms with Crippen molar-refractivity contribution in [2.45, 2.75) is 76.3 Å². The van der Waals surface area contributed by atoms with Gasteiger partial charge in [0.15, 0.2) is 0 Å². The minimum Gasteiger partial charge on any atom is -0.332 e. The maximum absolute atomic E-state index is 13.7. The molecule has 6 heteroatoms. The van der Waals surface area contributed by atoms with Gasteiger partial charge in [0.2, 0.25) is 15.9 Å². The molecule has 3 aliphatic rings. The second-order valence-electron chi connectivity index (χ2n) is 10.1. The Hall–Kier alpha value is -2.18. The van der Waals surface area contributed by atoms with Crippen molar-refractivity contribution in [3.8, 4) is 0 Å². The first kappa shape index (κ1) is 22.6. The van der Waals surface area contributed by atoms with E-state index in [2.05, 4.69) is 29.2 Å². The molecule has 0 radical (unpaired) electrons. The Morgan fingerprint density at radius 1 is 0.939 bits per heavy atom. The number of hydrogen-bond acceptors (Lipinski definition) is 3. The smallest absolute Gasteiger partial charge is 0.243 e. The highest BCUT2D eigenvalue weighted by Gasteiger charge is 2.43. The molecule has 0 bridgehead atoms. The van der Waals surface area contributed by atoms with Gasteiger partial charge in [0, 0.05) is 25.0 Å². The van der Waals surface area contributed by atoms with Gasteiger partial charge in [0.1, 0.15) is 0 Å². The normalized spacial score (nSPS) is 21.7. The van der Waals surface area contributed by atoms with Crippen LogP contribution in [0.15, 0.2) is 41.3 Å². The van der Waals surface area contributed by atoms with E-state index in [4.69, 9.17) is 0 Å². The van der Waals surface area contributed by atoms with Gasteiger partial charge in [0.05, 0.1) is 10.9 Å². The average Bonchev–Trinajstić information content (AvgIpc) is 3.52. The summed E-state index contributed by atoms with van der Waals surface area (Å²) in [7, 11) is -3.56. The second-order valence-corrected chi connectivity index (χ2v) is 12.0. The van der Waals surface area contributed by atoms with Crippen molar-refractivity contribution < 1.29 is 13.2 Å². The molecule has 1 atom stereocenters. The molecule has 2 fully saturated rings. The molecule has 0 N–H and O–H groups in total. The number of piperidine rings is 1. The summed E-state index contributed by atoms with van der Waals surface area (Å²) in [4.78, 5) is 16.3. The van der Waals surface area contributed by atoms with Crippen LogP contribution in [0.5, 0.6) is 0 Å². The quantitative estimate of drug-likeness (QED) is 0.642. The molecule has 1 amide bonds. The van der Waals surface area contributed by atoms with Crippen LogP contribution in [0.4, 0.5) is 0 Å². The van der Waals surface area contributed by atoms with E-state index in [1.807, 2.05) is 32.9 Å². The summed E-state index contributed by atoms with van der Waals surface area (Å²) in [5, 5.41) is 0. The first-order valence-electron chi connectivity index (χ1n) is 12.3. The van der Waals surface area contributed by atoms with Crippen LogP contribution in [0, 0.1) is 26.7 Å². The van der Waals surface area contributed by atoms with E-state index in [-0.39, 0.29) is 17.9 Å². The third-order valence-corrected chi connectivity index (χ3v) is 9.84. The molecule has 1 saturated carbocycles. The Labute approximate surface area is 197 Å². The van der Waals surface area contributed by atoms with Crippen LogP contribution >= 0.6 is 0 Å². The molecule has 0 spiro atoms. The maximum Gasteiger partial charge on any atom is 0.243 e. The summed E-state index contributed by atoms with van der Waals surface area (Å²) < 4.78 is 28.5. The first-order chi connectivity index (χ1) is 15.8. The van der Waals surface area contributed by atoms with E-state index in [1.165, 1.54) is 11.1 Å². The predicted molar refractivity (Wildman–Crippen MR) is 130 cm³/mol. The fraction of sp³-hybridized carbons (Fsp3) is 0.519. The third kappa shape index (κ3) is 4.12. The second kappa shape index (κ2) is 8.55. The Bertz CT molecular complexity index is 1150. The van der Waals surface area contributed by atoms with Gasteiger partial charge in [-0.1, -0.05) is 42.0 Å². The molecule has 2 aromatic rings. The molecule has 2 aromatic carbocycles. The Morgan fingerprint density at radius 2 is 1.58 bits per heavy atom. The number of rotatable bonds is 5. The van der Waals surface area contributed by atoms with Crippen molar-refractivity contribution in [3.63, 3.8) is 0 Å². The zero-order valence-electron chi connectivity index (χ0n) is 19.9. The van der Waals surface area contributed by atoms with Gasteiger partial charge >= 0.3 is 0 Å². The maximum atomic E-state index is 13.7. The Balaban J connectivity index is 1.31. The van der Waals surface area contributed by atoms with E-state index >= 15 is 0 Å². The number of benzene rings is 2. The Morgan fingerprint density at radius 3 is 2.21 bits per heavy atom. The van der Waals surface area contributed by atoms with E-state index < -0.39 is 10.0 Å². The molecule has 33 heavy (non-hydrogen) atoms. The van der Waals surface area contributed by atoms with E-state index in [0.717, 1.165) is 42.4 Å². The standard InChI is InChI=1S/C27H34N2O3S/c1-18-16-19(2)26(20(3)17-18)33(31,32)28-14-12-22(13-15-28)27(30)29(23-9-10-23)25-11-8-21-6-4-5-7-24(21)25/h4-7,16-17,22-23,25H,8-15H2,1-3H3. The van der Waals surface area contributed by atoms with Gasteiger partial charge < -0.3 is 4.90 Å². The lowest BCUT2D eigenvalue weighted by Gasteiger charge is -2.37. The van der Waals surface area contributed by atoms with Gasteiger partial charge in [-0.25, -0.2) is 8.42 Å². The molecule has 1 heterocycles. The topological polar surface area (TPSA) is 57.7 Å². The molecule has 5 nitrogen and oxygen atoms in total. The summed E-state index contributed by atoms with van der Waals surface area (Å²) in [6.07, 6.45) is 5.40. The van der Waals surface area contributed by atoms with Gasteiger partial charge in [-0.05, 0) is 81.5 Å². The van der Waals surface area contributed by atoms with E-state index in [9.17, 15) is 13.2 Å². The van der Waals surface area contributed by atoms with Crippen molar-refractivity contribution in [1.29, 1.82) is 0 Å². The van der Waals surface area contributed by atoms with Crippen LogP contribution in [0.2, 0.25) is 0 Å². The number of nitrogens with zero attached hydrogens (tertiary/aromatic N) is 2. The summed E-state index contributed by atoms with van der Waals surface area (Å²) >= 11 is 0. The lowest BCUT2D eigenvalue weighted by molar-refractivity contribution is -0.140. The minimum absolute atomic E-state index is 0.0926. The van der Waals surface area contributed by atoms with Gasteiger partial charge in [-0.15, -0.1) is 0 Å². The van der Waals surface area contributed by atoms with Crippen LogP contribution in [0.3, 0.4) is 0 Å². The van der Waals surface area contributed by atoms with Crippen molar-refractivity contribution in [1.82, 2.24) is 9.21 Å². The highest BCUT2D eigenvalue weighted by Crippen LogP contribution is 2.43. The molecule has 2 aliphatic carbocycles. The number of hydrogen-bond donors (Lipinski definition) is 0. The van der Waals surface area contributed by atoms with E-state index in [0.29, 0.717) is 36.9 Å². The van der Waals surface area contributed by atoms with Crippen LogP contribution < -0.4 is 0 Å². The fourth-order valence-corrected chi connectivity index (χ4v) is 7.90.